The monoisotopic (exact) mass is 543 g/mol. The number of aryl methyl sites for hydroxylation is 1. The van der Waals surface area contributed by atoms with E-state index in [0.717, 1.165) is 103 Å². The normalized spacial score (nSPS) is 19.6. The average Bonchev–Trinajstić information content (AvgIpc) is 3.39. The van der Waals surface area contributed by atoms with Gasteiger partial charge in [0.25, 0.3) is 0 Å². The minimum Gasteiger partial charge on any atom is -0.489 e. The largest absolute Gasteiger partial charge is 0.489 e. The summed E-state index contributed by atoms with van der Waals surface area (Å²) in [6.07, 6.45) is 9.96. The average molecular weight is 544 g/mol. The number of ether oxygens (including phenoxy) is 2. The van der Waals surface area contributed by atoms with E-state index in [2.05, 4.69) is 56.2 Å². The molecule has 1 aliphatic carbocycles. The SMILES string of the molecule is C=CC(=O)Nc1ccc(-c2cc(OC3CCOCC3)c3c(C)[nH]nc3c2)cc1N1CCN(C2CCCCC2)CC1. The fourth-order valence-corrected chi connectivity index (χ4v) is 6.54. The van der Waals surface area contributed by atoms with Gasteiger partial charge in [0.15, 0.2) is 0 Å². The molecule has 8 nitrogen and oxygen atoms in total. The molecule has 1 amide bonds. The molecule has 0 radical (unpaired) electrons. The number of hydrogen-bond acceptors (Lipinski definition) is 6. The minimum atomic E-state index is -0.199. The molecule has 0 bridgehead atoms. The molecule has 0 unspecified atom stereocenters. The Morgan fingerprint density at radius 2 is 1.82 bits per heavy atom. The van der Waals surface area contributed by atoms with Gasteiger partial charge in [0, 0.05) is 50.8 Å². The van der Waals surface area contributed by atoms with Crippen molar-refractivity contribution in [3.05, 3.63) is 48.7 Å². The number of carbonyl (C=O) groups excluding carboxylic acids is 1. The molecular formula is C32H41N5O3. The summed E-state index contributed by atoms with van der Waals surface area (Å²) in [5.41, 5.74) is 5.87. The van der Waals surface area contributed by atoms with Crippen LogP contribution in [0, 0.1) is 6.92 Å². The number of benzene rings is 2. The van der Waals surface area contributed by atoms with E-state index in [1.54, 1.807) is 0 Å². The number of fused-ring (bicyclic) bond motifs is 1. The second kappa shape index (κ2) is 12.0. The molecule has 212 valence electrons. The van der Waals surface area contributed by atoms with E-state index in [9.17, 15) is 4.79 Å². The van der Waals surface area contributed by atoms with Gasteiger partial charge >= 0.3 is 0 Å². The third kappa shape index (κ3) is 5.74. The summed E-state index contributed by atoms with van der Waals surface area (Å²) in [5.74, 6) is 0.660. The van der Waals surface area contributed by atoms with Gasteiger partial charge in [0.05, 0.1) is 35.5 Å². The molecule has 1 aromatic heterocycles. The van der Waals surface area contributed by atoms with Gasteiger partial charge < -0.3 is 19.7 Å². The predicted octanol–water partition coefficient (Wildman–Crippen LogP) is 5.68. The highest BCUT2D eigenvalue weighted by Gasteiger charge is 2.27. The fourth-order valence-electron chi connectivity index (χ4n) is 6.54. The zero-order chi connectivity index (χ0) is 27.5. The second-order valence-electron chi connectivity index (χ2n) is 11.4. The Kier molecular flexibility index (Phi) is 8.07. The van der Waals surface area contributed by atoms with Crippen LogP contribution in [0.4, 0.5) is 11.4 Å². The van der Waals surface area contributed by atoms with E-state index in [-0.39, 0.29) is 12.0 Å². The number of amides is 1. The molecule has 3 heterocycles. The van der Waals surface area contributed by atoms with Crippen LogP contribution in [0.25, 0.3) is 22.0 Å². The summed E-state index contributed by atoms with van der Waals surface area (Å²) in [4.78, 5) is 17.4. The summed E-state index contributed by atoms with van der Waals surface area (Å²) >= 11 is 0. The van der Waals surface area contributed by atoms with E-state index in [0.29, 0.717) is 0 Å². The molecule has 0 spiro atoms. The van der Waals surface area contributed by atoms with Gasteiger partial charge in [-0.3, -0.25) is 14.8 Å². The second-order valence-corrected chi connectivity index (χ2v) is 11.4. The Balaban J connectivity index is 1.31. The number of rotatable bonds is 7. The first-order chi connectivity index (χ1) is 19.6. The van der Waals surface area contributed by atoms with Crippen molar-refractivity contribution < 1.29 is 14.3 Å². The van der Waals surface area contributed by atoms with Gasteiger partial charge in [-0.1, -0.05) is 31.9 Å². The summed E-state index contributed by atoms with van der Waals surface area (Å²) in [6.45, 7) is 11.1. The zero-order valence-corrected chi connectivity index (χ0v) is 23.6. The molecule has 40 heavy (non-hydrogen) atoms. The number of nitrogens with zero attached hydrogens (tertiary/aromatic N) is 3. The fraction of sp³-hybridized carbons (Fsp3) is 0.500. The number of carbonyl (C=O) groups is 1. The van der Waals surface area contributed by atoms with E-state index in [4.69, 9.17) is 9.47 Å². The molecule has 2 saturated heterocycles. The number of piperazine rings is 1. The van der Waals surface area contributed by atoms with Crippen molar-refractivity contribution >= 4 is 28.2 Å². The molecule has 6 rings (SSSR count). The lowest BCUT2D eigenvalue weighted by atomic mass is 9.93. The topological polar surface area (TPSA) is 82.7 Å². The van der Waals surface area contributed by atoms with Crippen molar-refractivity contribution in [2.75, 3.05) is 49.6 Å². The highest BCUT2D eigenvalue weighted by Crippen LogP contribution is 2.38. The Morgan fingerprint density at radius 3 is 2.58 bits per heavy atom. The van der Waals surface area contributed by atoms with Crippen molar-refractivity contribution in [2.45, 2.75) is 64.0 Å². The highest BCUT2D eigenvalue weighted by atomic mass is 16.5. The van der Waals surface area contributed by atoms with Crippen molar-refractivity contribution in [2.24, 2.45) is 0 Å². The molecule has 2 N–H and O–H groups in total. The first kappa shape index (κ1) is 26.8. The van der Waals surface area contributed by atoms with Crippen LogP contribution in [0.15, 0.2) is 43.0 Å². The molecule has 3 aromatic rings. The van der Waals surface area contributed by atoms with Gasteiger partial charge in [0.2, 0.25) is 5.91 Å². The van der Waals surface area contributed by atoms with Crippen LogP contribution < -0.4 is 15.0 Å². The van der Waals surface area contributed by atoms with E-state index in [1.165, 1.54) is 38.2 Å². The van der Waals surface area contributed by atoms with Crippen molar-refractivity contribution in [1.82, 2.24) is 15.1 Å². The predicted molar refractivity (Wildman–Crippen MR) is 160 cm³/mol. The lowest BCUT2D eigenvalue weighted by molar-refractivity contribution is -0.111. The van der Waals surface area contributed by atoms with Crippen LogP contribution in [0.2, 0.25) is 0 Å². The lowest BCUT2D eigenvalue weighted by Gasteiger charge is -2.42. The standard InChI is InChI=1S/C32H41N5O3/c1-3-31(38)33-27-10-9-23(20-29(27)37-15-13-36(14-16-37)25-7-5-4-6-8-25)24-19-28-32(22(2)34-35-28)30(21-24)40-26-11-17-39-18-12-26/h3,9-10,19-21,25-26H,1,4-8,11-18H2,2H3,(H,33,38)(H,34,35). The molecule has 3 aliphatic rings. The van der Waals surface area contributed by atoms with Crippen LogP contribution in [0.5, 0.6) is 5.75 Å². The van der Waals surface area contributed by atoms with E-state index >= 15 is 0 Å². The van der Waals surface area contributed by atoms with Gasteiger partial charge in [-0.2, -0.15) is 5.10 Å². The van der Waals surface area contributed by atoms with Crippen LogP contribution in [0.1, 0.15) is 50.6 Å². The molecular weight excluding hydrogens is 502 g/mol. The number of aromatic amines is 1. The number of hydrogen-bond donors (Lipinski definition) is 2. The Bertz CT molecular complexity index is 1350. The van der Waals surface area contributed by atoms with Gasteiger partial charge in [-0.05, 0) is 61.2 Å². The van der Waals surface area contributed by atoms with Crippen LogP contribution in [0.3, 0.4) is 0 Å². The van der Waals surface area contributed by atoms with Crippen molar-refractivity contribution in [1.29, 1.82) is 0 Å². The number of aromatic nitrogens is 2. The Labute approximate surface area is 236 Å². The molecule has 8 heteroatoms. The third-order valence-electron chi connectivity index (χ3n) is 8.78. The summed E-state index contributed by atoms with van der Waals surface area (Å²) in [5, 5.41) is 11.8. The maximum absolute atomic E-state index is 12.3. The highest BCUT2D eigenvalue weighted by molar-refractivity contribution is 6.02. The zero-order valence-electron chi connectivity index (χ0n) is 23.6. The molecule has 2 aromatic carbocycles. The van der Waals surface area contributed by atoms with Crippen LogP contribution in [-0.4, -0.2) is 72.5 Å². The molecule has 2 aliphatic heterocycles. The Morgan fingerprint density at radius 1 is 1.05 bits per heavy atom. The van der Waals surface area contributed by atoms with Crippen molar-refractivity contribution in [3.63, 3.8) is 0 Å². The maximum Gasteiger partial charge on any atom is 0.247 e. The molecule has 1 saturated carbocycles. The summed E-state index contributed by atoms with van der Waals surface area (Å²) in [6, 6.07) is 11.3. The summed E-state index contributed by atoms with van der Waals surface area (Å²) < 4.78 is 12.1. The first-order valence-corrected chi connectivity index (χ1v) is 14.9. The number of H-pyrrole nitrogens is 1. The molecule has 0 atom stereocenters. The van der Waals surface area contributed by atoms with E-state index < -0.39 is 0 Å². The van der Waals surface area contributed by atoms with Gasteiger partial charge in [0.1, 0.15) is 11.9 Å². The summed E-state index contributed by atoms with van der Waals surface area (Å²) in [7, 11) is 0. The van der Waals surface area contributed by atoms with Crippen molar-refractivity contribution in [3.8, 4) is 16.9 Å². The number of nitrogens with one attached hydrogen (secondary N) is 2. The smallest absolute Gasteiger partial charge is 0.247 e. The molecule has 3 fully saturated rings. The van der Waals surface area contributed by atoms with Gasteiger partial charge in [-0.25, -0.2) is 0 Å². The van der Waals surface area contributed by atoms with Gasteiger partial charge in [-0.15, -0.1) is 0 Å². The maximum atomic E-state index is 12.3. The van der Waals surface area contributed by atoms with E-state index in [1.807, 2.05) is 13.0 Å². The first-order valence-electron chi connectivity index (χ1n) is 14.9. The minimum absolute atomic E-state index is 0.133. The third-order valence-corrected chi connectivity index (χ3v) is 8.78. The van der Waals surface area contributed by atoms with Crippen LogP contribution in [-0.2, 0) is 9.53 Å². The Hall–Kier alpha value is -3.36. The number of anilines is 2. The quantitative estimate of drug-likeness (QED) is 0.374. The van der Waals surface area contributed by atoms with Crippen LogP contribution >= 0.6 is 0 Å². The lowest BCUT2D eigenvalue weighted by Crippen LogP contribution is -2.51.